The van der Waals surface area contributed by atoms with Gasteiger partial charge in [0.05, 0.1) is 12.9 Å². The van der Waals surface area contributed by atoms with Gasteiger partial charge >= 0.3 is 0 Å². The van der Waals surface area contributed by atoms with E-state index in [1.165, 1.54) is 23.5 Å². The van der Waals surface area contributed by atoms with Crippen LogP contribution in [0.3, 0.4) is 0 Å². The van der Waals surface area contributed by atoms with Gasteiger partial charge in [0.2, 0.25) is 10.0 Å². The first-order chi connectivity index (χ1) is 15.4. The van der Waals surface area contributed by atoms with Gasteiger partial charge in [0.25, 0.3) is 5.91 Å². The van der Waals surface area contributed by atoms with Gasteiger partial charge in [0.1, 0.15) is 5.82 Å². The van der Waals surface area contributed by atoms with Gasteiger partial charge in [0.15, 0.2) is 18.1 Å². The smallest absolute Gasteiger partial charge is 0.257 e. The Morgan fingerprint density at radius 3 is 2.34 bits per heavy atom. The highest BCUT2D eigenvalue weighted by atomic mass is 32.2. The van der Waals surface area contributed by atoms with Gasteiger partial charge in [-0.1, -0.05) is 12.1 Å². The Bertz CT molecular complexity index is 993. The molecule has 1 amide bonds. The number of hydrogen-bond donors (Lipinski definition) is 1. The number of hydrogen-bond acceptors (Lipinski definition) is 6. The highest BCUT2D eigenvalue weighted by Crippen LogP contribution is 2.25. The van der Waals surface area contributed by atoms with Gasteiger partial charge in [-0.15, -0.1) is 0 Å². The third-order valence-electron chi connectivity index (χ3n) is 5.15. The van der Waals surface area contributed by atoms with Crippen molar-refractivity contribution in [3.63, 3.8) is 0 Å². The molecular formula is C22H28FN3O5S. The highest BCUT2D eigenvalue weighted by Gasteiger charge is 2.26. The predicted octanol–water partition coefficient (Wildman–Crippen LogP) is 1.87. The van der Waals surface area contributed by atoms with Gasteiger partial charge in [0, 0.05) is 38.4 Å². The molecule has 32 heavy (non-hydrogen) atoms. The van der Waals surface area contributed by atoms with Crippen molar-refractivity contribution >= 4 is 21.6 Å². The lowest BCUT2D eigenvalue weighted by Crippen LogP contribution is -2.49. The molecule has 1 fully saturated rings. The van der Waals surface area contributed by atoms with E-state index in [1.54, 1.807) is 36.4 Å². The zero-order valence-electron chi connectivity index (χ0n) is 18.0. The quantitative estimate of drug-likeness (QED) is 0.539. The molecule has 0 radical (unpaired) electrons. The maximum Gasteiger partial charge on any atom is 0.257 e. The van der Waals surface area contributed by atoms with Crippen LogP contribution in [0.25, 0.3) is 0 Å². The van der Waals surface area contributed by atoms with E-state index in [4.69, 9.17) is 9.47 Å². The van der Waals surface area contributed by atoms with E-state index in [2.05, 4.69) is 5.32 Å². The number of ether oxygens (including phenoxy) is 2. The average molecular weight is 466 g/mol. The lowest BCUT2D eigenvalue weighted by Gasteiger charge is -2.35. The molecule has 2 aromatic carbocycles. The summed E-state index contributed by atoms with van der Waals surface area (Å²) in [5, 5.41) is 2.67. The Kier molecular flexibility index (Phi) is 8.29. The highest BCUT2D eigenvalue weighted by molar-refractivity contribution is 7.89. The second-order valence-electron chi connectivity index (χ2n) is 7.32. The first-order valence-electron chi connectivity index (χ1n) is 10.4. The van der Waals surface area contributed by atoms with Crippen molar-refractivity contribution in [1.82, 2.24) is 9.62 Å². The lowest BCUT2D eigenvalue weighted by atomic mass is 10.2. The molecule has 8 nitrogen and oxygen atoms in total. The van der Waals surface area contributed by atoms with Gasteiger partial charge in [-0.3, -0.25) is 4.79 Å². The van der Waals surface area contributed by atoms with Crippen molar-refractivity contribution in [3.8, 4) is 11.5 Å². The zero-order valence-corrected chi connectivity index (χ0v) is 18.8. The summed E-state index contributed by atoms with van der Waals surface area (Å²) in [6, 6.07) is 13.2. The van der Waals surface area contributed by atoms with Crippen LogP contribution in [0.2, 0.25) is 0 Å². The molecule has 1 saturated heterocycles. The number of para-hydroxylation sites is 2. The fourth-order valence-corrected chi connectivity index (χ4v) is 4.91. The molecule has 1 aliphatic rings. The summed E-state index contributed by atoms with van der Waals surface area (Å²) in [4.78, 5) is 14.0. The molecule has 0 aliphatic carbocycles. The molecule has 0 unspecified atom stereocenters. The van der Waals surface area contributed by atoms with Crippen molar-refractivity contribution in [2.75, 3.05) is 57.1 Å². The Morgan fingerprint density at radius 1 is 1.03 bits per heavy atom. The Morgan fingerprint density at radius 2 is 1.69 bits per heavy atom. The second-order valence-corrected chi connectivity index (χ2v) is 9.41. The number of piperazine rings is 1. The molecule has 2 aromatic rings. The van der Waals surface area contributed by atoms with Crippen molar-refractivity contribution in [3.05, 3.63) is 54.3 Å². The van der Waals surface area contributed by atoms with Gasteiger partial charge in [-0.25, -0.2) is 12.8 Å². The van der Waals surface area contributed by atoms with Gasteiger partial charge < -0.3 is 19.7 Å². The molecule has 1 N–H and O–H groups in total. The number of carbonyl (C=O) groups is 1. The number of amides is 1. The predicted molar refractivity (Wildman–Crippen MR) is 120 cm³/mol. The largest absolute Gasteiger partial charge is 0.493 e. The number of sulfonamides is 1. The second kappa shape index (κ2) is 11.1. The summed E-state index contributed by atoms with van der Waals surface area (Å²) in [6.45, 7) is 1.89. The van der Waals surface area contributed by atoms with Crippen LogP contribution in [0.15, 0.2) is 48.5 Å². The maximum atomic E-state index is 13.1. The topological polar surface area (TPSA) is 88.2 Å². The standard InChI is InChI=1S/C22H28FN3O5S/c1-30-20-5-2-3-6-21(20)31-17-22(27)24-11-4-16-32(28,29)26-14-12-25(13-15-26)19-9-7-18(23)8-10-19/h2-3,5-10H,4,11-17H2,1H3,(H,24,27). The van der Waals surface area contributed by atoms with Crippen LogP contribution in [0.5, 0.6) is 11.5 Å². The Labute approximate surface area is 188 Å². The number of carbonyl (C=O) groups excluding carboxylic acids is 1. The summed E-state index contributed by atoms with van der Waals surface area (Å²) in [5.41, 5.74) is 0.876. The fraction of sp³-hybridized carbons (Fsp3) is 0.409. The van der Waals surface area contributed by atoms with E-state index < -0.39 is 10.0 Å². The maximum absolute atomic E-state index is 13.1. The summed E-state index contributed by atoms with van der Waals surface area (Å²) in [6.07, 6.45) is 0.306. The molecule has 0 bridgehead atoms. The van der Waals surface area contributed by atoms with Crippen LogP contribution in [-0.4, -0.2) is 70.8 Å². The molecule has 3 rings (SSSR count). The number of benzene rings is 2. The van der Waals surface area contributed by atoms with Crippen LogP contribution in [-0.2, 0) is 14.8 Å². The minimum absolute atomic E-state index is 0.0445. The monoisotopic (exact) mass is 465 g/mol. The number of rotatable bonds is 10. The molecule has 0 atom stereocenters. The van der Waals surface area contributed by atoms with E-state index in [0.717, 1.165) is 5.69 Å². The zero-order chi connectivity index (χ0) is 23.0. The minimum Gasteiger partial charge on any atom is -0.493 e. The van der Waals surface area contributed by atoms with Crippen molar-refractivity contribution in [1.29, 1.82) is 0 Å². The average Bonchev–Trinajstić information content (AvgIpc) is 2.81. The molecule has 0 saturated carbocycles. The number of nitrogens with one attached hydrogen (secondary N) is 1. The summed E-state index contributed by atoms with van der Waals surface area (Å²) in [7, 11) is -1.89. The number of anilines is 1. The summed E-state index contributed by atoms with van der Waals surface area (Å²) in [5.74, 6) is 0.324. The molecule has 1 heterocycles. The van der Waals surface area contributed by atoms with E-state index in [9.17, 15) is 17.6 Å². The number of halogens is 1. The Hall–Kier alpha value is -2.85. The third-order valence-corrected chi connectivity index (χ3v) is 7.11. The summed E-state index contributed by atoms with van der Waals surface area (Å²) >= 11 is 0. The van der Waals surface area contributed by atoms with E-state index >= 15 is 0 Å². The molecule has 0 aromatic heterocycles. The first kappa shape index (κ1) is 23.8. The normalized spacial score (nSPS) is 14.8. The Balaban J connectivity index is 1.36. The van der Waals surface area contributed by atoms with E-state index in [0.29, 0.717) is 44.1 Å². The van der Waals surface area contributed by atoms with E-state index in [1.807, 2.05) is 4.90 Å². The first-order valence-corrected chi connectivity index (χ1v) is 12.0. The fourth-order valence-electron chi connectivity index (χ4n) is 3.42. The summed E-state index contributed by atoms with van der Waals surface area (Å²) < 4.78 is 50.4. The minimum atomic E-state index is -3.41. The number of methoxy groups -OCH3 is 1. The lowest BCUT2D eigenvalue weighted by molar-refractivity contribution is -0.123. The van der Waals surface area contributed by atoms with Crippen LogP contribution in [0.1, 0.15) is 6.42 Å². The van der Waals surface area contributed by atoms with Crippen molar-refractivity contribution in [2.45, 2.75) is 6.42 Å². The van der Waals surface area contributed by atoms with Crippen LogP contribution in [0.4, 0.5) is 10.1 Å². The van der Waals surface area contributed by atoms with Crippen LogP contribution >= 0.6 is 0 Å². The van der Waals surface area contributed by atoms with Gasteiger partial charge in [-0.2, -0.15) is 4.31 Å². The van der Waals surface area contributed by atoms with Gasteiger partial charge in [-0.05, 0) is 42.8 Å². The molecule has 174 valence electrons. The van der Waals surface area contributed by atoms with Crippen LogP contribution in [0, 0.1) is 5.82 Å². The SMILES string of the molecule is COc1ccccc1OCC(=O)NCCCS(=O)(=O)N1CCN(c2ccc(F)cc2)CC1. The molecular weight excluding hydrogens is 437 g/mol. The molecule has 10 heteroatoms. The van der Waals surface area contributed by atoms with Crippen molar-refractivity contribution in [2.24, 2.45) is 0 Å². The van der Waals surface area contributed by atoms with E-state index in [-0.39, 0.29) is 30.6 Å². The molecule has 1 aliphatic heterocycles. The molecule has 0 spiro atoms. The number of nitrogens with zero attached hydrogens (tertiary/aromatic N) is 2. The van der Waals surface area contributed by atoms with Crippen LogP contribution < -0.4 is 19.7 Å². The third kappa shape index (κ3) is 6.57. The van der Waals surface area contributed by atoms with Crippen molar-refractivity contribution < 1.29 is 27.1 Å².